The van der Waals surface area contributed by atoms with Gasteiger partial charge in [0.15, 0.2) is 0 Å². The van der Waals surface area contributed by atoms with Crippen LogP contribution >= 0.6 is 11.8 Å². The first-order valence-corrected chi connectivity index (χ1v) is 8.76. The fourth-order valence-corrected chi connectivity index (χ4v) is 3.29. The summed E-state index contributed by atoms with van der Waals surface area (Å²) in [6.45, 7) is 5.77. The minimum absolute atomic E-state index is 0.181. The molecule has 1 aromatic carbocycles. The molecule has 1 heterocycles. The predicted octanol–water partition coefficient (Wildman–Crippen LogP) is 4.33. The molecule has 2 aromatic rings. The summed E-state index contributed by atoms with van der Waals surface area (Å²) in [5, 5.41) is 10.0. The number of carbonyl (C=O) groups is 1. The summed E-state index contributed by atoms with van der Waals surface area (Å²) in [4.78, 5) is 20.3. The highest BCUT2D eigenvalue weighted by Crippen LogP contribution is 2.26. The number of aromatic carboxylic acids is 1. The van der Waals surface area contributed by atoms with Gasteiger partial charge < -0.3 is 5.11 Å². The maximum Gasteiger partial charge on any atom is 0.340 e. The van der Waals surface area contributed by atoms with Gasteiger partial charge in [-0.3, -0.25) is 0 Å². The average molecular weight is 330 g/mol. The second-order valence-electron chi connectivity index (χ2n) is 5.74. The quantitative estimate of drug-likeness (QED) is 0.465. The van der Waals surface area contributed by atoms with E-state index in [1.54, 1.807) is 6.92 Å². The lowest BCUT2D eigenvalue weighted by molar-refractivity contribution is 0.0690. The molecule has 5 heteroatoms. The van der Waals surface area contributed by atoms with Crippen molar-refractivity contribution in [3.63, 3.8) is 0 Å². The molecule has 2 rings (SSSR count). The SMILES string of the molecule is Cc1nc(C(C)C)nc(SCCCc2ccccc2)c1C(=O)O. The van der Waals surface area contributed by atoms with Gasteiger partial charge in [-0.15, -0.1) is 11.8 Å². The van der Waals surface area contributed by atoms with E-state index in [-0.39, 0.29) is 11.5 Å². The van der Waals surface area contributed by atoms with Crippen molar-refractivity contribution in [1.29, 1.82) is 0 Å². The number of nitrogens with zero attached hydrogens (tertiary/aromatic N) is 2. The van der Waals surface area contributed by atoms with Crippen LogP contribution in [-0.4, -0.2) is 26.8 Å². The van der Waals surface area contributed by atoms with Crippen LogP contribution in [0.1, 0.15) is 53.6 Å². The summed E-state index contributed by atoms with van der Waals surface area (Å²) in [5.74, 6) is 0.769. The Balaban J connectivity index is 2.07. The summed E-state index contributed by atoms with van der Waals surface area (Å²) in [5.41, 5.74) is 2.08. The van der Waals surface area contributed by atoms with E-state index >= 15 is 0 Å². The summed E-state index contributed by atoms with van der Waals surface area (Å²) in [6, 6.07) is 10.3. The van der Waals surface area contributed by atoms with Crippen molar-refractivity contribution >= 4 is 17.7 Å². The lowest BCUT2D eigenvalue weighted by atomic mass is 10.1. The van der Waals surface area contributed by atoms with Gasteiger partial charge in [-0.1, -0.05) is 44.2 Å². The van der Waals surface area contributed by atoms with Gasteiger partial charge >= 0.3 is 5.97 Å². The highest BCUT2D eigenvalue weighted by Gasteiger charge is 2.19. The van der Waals surface area contributed by atoms with E-state index in [2.05, 4.69) is 22.1 Å². The lowest BCUT2D eigenvalue weighted by Gasteiger charge is -2.12. The van der Waals surface area contributed by atoms with E-state index in [1.807, 2.05) is 32.0 Å². The molecule has 0 fully saturated rings. The Morgan fingerprint density at radius 1 is 1.22 bits per heavy atom. The smallest absolute Gasteiger partial charge is 0.340 e. The Morgan fingerprint density at radius 2 is 1.91 bits per heavy atom. The molecule has 0 saturated heterocycles. The Labute approximate surface area is 141 Å². The molecule has 0 bridgehead atoms. The van der Waals surface area contributed by atoms with Crippen LogP contribution in [0.3, 0.4) is 0 Å². The number of aryl methyl sites for hydroxylation is 2. The Hall–Kier alpha value is -1.88. The van der Waals surface area contributed by atoms with Crippen molar-refractivity contribution in [3.05, 3.63) is 53.0 Å². The molecule has 0 spiro atoms. The molecular formula is C18H22N2O2S. The van der Waals surface area contributed by atoms with Gasteiger partial charge in [-0.25, -0.2) is 14.8 Å². The first kappa shape index (κ1) is 17.5. The van der Waals surface area contributed by atoms with Gasteiger partial charge in [0.1, 0.15) is 16.4 Å². The molecule has 0 radical (unpaired) electrons. The third-order valence-corrected chi connectivity index (χ3v) is 4.56. The third kappa shape index (κ3) is 4.79. The molecule has 0 atom stereocenters. The number of aromatic nitrogens is 2. The van der Waals surface area contributed by atoms with E-state index in [0.717, 1.165) is 18.6 Å². The molecule has 23 heavy (non-hydrogen) atoms. The van der Waals surface area contributed by atoms with Gasteiger partial charge in [0.25, 0.3) is 0 Å². The van der Waals surface area contributed by atoms with Gasteiger partial charge in [0, 0.05) is 5.92 Å². The second kappa shape index (κ2) is 8.11. The number of benzene rings is 1. The second-order valence-corrected chi connectivity index (χ2v) is 6.83. The zero-order valence-corrected chi connectivity index (χ0v) is 14.6. The fourth-order valence-electron chi connectivity index (χ4n) is 2.27. The summed E-state index contributed by atoms with van der Waals surface area (Å²) < 4.78 is 0. The van der Waals surface area contributed by atoms with Crippen LogP contribution in [0.2, 0.25) is 0 Å². The van der Waals surface area contributed by atoms with Crippen molar-refractivity contribution in [1.82, 2.24) is 9.97 Å². The number of hydrogen-bond donors (Lipinski definition) is 1. The lowest BCUT2D eigenvalue weighted by Crippen LogP contribution is -2.10. The predicted molar refractivity (Wildman–Crippen MR) is 93.3 cm³/mol. The van der Waals surface area contributed by atoms with Crippen LogP contribution in [0, 0.1) is 6.92 Å². The Kier molecular flexibility index (Phi) is 6.16. The average Bonchev–Trinajstić information content (AvgIpc) is 2.51. The molecule has 0 saturated carbocycles. The first-order chi connectivity index (χ1) is 11.0. The molecule has 0 aliphatic rings. The summed E-state index contributed by atoms with van der Waals surface area (Å²) >= 11 is 1.51. The van der Waals surface area contributed by atoms with Gasteiger partial charge in [0.2, 0.25) is 0 Å². The fraction of sp³-hybridized carbons (Fsp3) is 0.389. The number of carboxylic acid groups (broad SMARTS) is 1. The van der Waals surface area contributed by atoms with Crippen LogP contribution in [0.5, 0.6) is 0 Å². The van der Waals surface area contributed by atoms with Crippen LogP contribution in [0.15, 0.2) is 35.4 Å². The van der Waals surface area contributed by atoms with E-state index in [4.69, 9.17) is 0 Å². The topological polar surface area (TPSA) is 63.1 Å². The first-order valence-electron chi connectivity index (χ1n) is 7.77. The van der Waals surface area contributed by atoms with E-state index in [1.165, 1.54) is 17.3 Å². The molecule has 0 aliphatic heterocycles. The summed E-state index contributed by atoms with van der Waals surface area (Å²) in [7, 11) is 0. The van der Waals surface area contributed by atoms with Crippen LogP contribution in [0.4, 0.5) is 0 Å². The normalized spacial score (nSPS) is 11.0. The Bertz CT molecular complexity index is 672. The molecular weight excluding hydrogens is 308 g/mol. The molecule has 1 aromatic heterocycles. The standard InChI is InChI=1S/C18H22N2O2S/c1-12(2)16-19-13(3)15(18(21)22)17(20-16)23-11-7-10-14-8-5-4-6-9-14/h4-6,8-9,12H,7,10-11H2,1-3H3,(H,21,22). The van der Waals surface area contributed by atoms with Crippen molar-refractivity contribution in [2.45, 2.75) is 44.6 Å². The van der Waals surface area contributed by atoms with Crippen LogP contribution in [0.25, 0.3) is 0 Å². The highest BCUT2D eigenvalue weighted by molar-refractivity contribution is 7.99. The van der Waals surface area contributed by atoms with E-state index < -0.39 is 5.97 Å². The number of hydrogen-bond acceptors (Lipinski definition) is 4. The van der Waals surface area contributed by atoms with Gasteiger partial charge in [-0.05, 0) is 31.1 Å². The molecule has 0 aliphatic carbocycles. The van der Waals surface area contributed by atoms with Crippen molar-refractivity contribution < 1.29 is 9.90 Å². The van der Waals surface area contributed by atoms with E-state index in [0.29, 0.717) is 16.5 Å². The van der Waals surface area contributed by atoms with Crippen LogP contribution in [-0.2, 0) is 6.42 Å². The number of rotatable bonds is 7. The summed E-state index contributed by atoms with van der Waals surface area (Å²) in [6.07, 6.45) is 1.96. The zero-order valence-electron chi connectivity index (χ0n) is 13.7. The van der Waals surface area contributed by atoms with E-state index in [9.17, 15) is 9.90 Å². The largest absolute Gasteiger partial charge is 0.478 e. The van der Waals surface area contributed by atoms with Crippen molar-refractivity contribution in [3.8, 4) is 0 Å². The number of carboxylic acids is 1. The highest BCUT2D eigenvalue weighted by atomic mass is 32.2. The van der Waals surface area contributed by atoms with Crippen LogP contribution < -0.4 is 0 Å². The van der Waals surface area contributed by atoms with Crippen molar-refractivity contribution in [2.24, 2.45) is 0 Å². The van der Waals surface area contributed by atoms with Gasteiger partial charge in [-0.2, -0.15) is 0 Å². The number of thioether (sulfide) groups is 1. The minimum Gasteiger partial charge on any atom is -0.478 e. The zero-order chi connectivity index (χ0) is 16.8. The third-order valence-electron chi connectivity index (χ3n) is 3.50. The van der Waals surface area contributed by atoms with Gasteiger partial charge in [0.05, 0.1) is 5.69 Å². The Morgan fingerprint density at radius 3 is 2.52 bits per heavy atom. The monoisotopic (exact) mass is 330 g/mol. The maximum atomic E-state index is 11.5. The molecule has 122 valence electrons. The molecule has 0 unspecified atom stereocenters. The molecule has 4 nitrogen and oxygen atoms in total. The maximum absolute atomic E-state index is 11.5. The van der Waals surface area contributed by atoms with Crippen molar-refractivity contribution in [2.75, 3.05) is 5.75 Å². The molecule has 1 N–H and O–H groups in total. The minimum atomic E-state index is -0.955. The molecule has 0 amide bonds.